The summed E-state index contributed by atoms with van der Waals surface area (Å²) in [5.41, 5.74) is 3.56. The predicted octanol–water partition coefficient (Wildman–Crippen LogP) is 3.26. The predicted molar refractivity (Wildman–Crippen MR) is 89.9 cm³/mol. The van der Waals surface area contributed by atoms with Gasteiger partial charge in [0.1, 0.15) is 0 Å². The standard InChI is InChI=1S/C17H29N5/c1-12(2)21-11-17(9-19-21)16(6)18-8-13(3)10-22-15(5)7-14(4)20-22/h7,9,11-13,16,18H,8,10H2,1-6H3. The highest BCUT2D eigenvalue weighted by Gasteiger charge is 2.12. The Hall–Kier alpha value is -1.62. The number of rotatable bonds is 7. The first kappa shape index (κ1) is 16.7. The maximum absolute atomic E-state index is 4.53. The molecule has 2 unspecified atom stereocenters. The Bertz CT molecular complexity index is 596. The average molecular weight is 303 g/mol. The summed E-state index contributed by atoms with van der Waals surface area (Å²) in [4.78, 5) is 0. The fourth-order valence-corrected chi connectivity index (χ4v) is 2.57. The van der Waals surface area contributed by atoms with Gasteiger partial charge in [0.25, 0.3) is 0 Å². The van der Waals surface area contributed by atoms with Crippen molar-refractivity contribution in [2.75, 3.05) is 6.54 Å². The van der Waals surface area contributed by atoms with Gasteiger partial charge in [-0.3, -0.25) is 9.36 Å². The smallest absolute Gasteiger partial charge is 0.0596 e. The third kappa shape index (κ3) is 4.19. The second kappa shape index (κ2) is 7.09. The van der Waals surface area contributed by atoms with Crippen LogP contribution in [0.1, 0.15) is 56.7 Å². The van der Waals surface area contributed by atoms with E-state index in [1.165, 1.54) is 11.3 Å². The van der Waals surface area contributed by atoms with Gasteiger partial charge < -0.3 is 5.32 Å². The number of hydrogen-bond donors (Lipinski definition) is 1. The Balaban J connectivity index is 1.84. The quantitative estimate of drug-likeness (QED) is 0.854. The molecule has 22 heavy (non-hydrogen) atoms. The summed E-state index contributed by atoms with van der Waals surface area (Å²) in [6.07, 6.45) is 4.09. The van der Waals surface area contributed by atoms with E-state index >= 15 is 0 Å². The normalized spacial score (nSPS) is 14.5. The van der Waals surface area contributed by atoms with Crippen molar-refractivity contribution < 1.29 is 0 Å². The molecule has 0 aliphatic rings. The molecule has 122 valence electrons. The van der Waals surface area contributed by atoms with Crippen LogP contribution in [-0.2, 0) is 6.54 Å². The van der Waals surface area contributed by atoms with Crippen molar-refractivity contribution in [3.8, 4) is 0 Å². The molecular formula is C17H29N5. The maximum Gasteiger partial charge on any atom is 0.0596 e. The zero-order valence-corrected chi connectivity index (χ0v) is 14.7. The van der Waals surface area contributed by atoms with Crippen LogP contribution in [0.3, 0.4) is 0 Å². The first-order chi connectivity index (χ1) is 10.4. The van der Waals surface area contributed by atoms with E-state index in [1.807, 2.05) is 17.8 Å². The lowest BCUT2D eigenvalue weighted by molar-refractivity contribution is 0.398. The van der Waals surface area contributed by atoms with Crippen molar-refractivity contribution in [2.45, 2.75) is 60.2 Å². The lowest BCUT2D eigenvalue weighted by atomic mass is 10.1. The SMILES string of the molecule is Cc1cc(C)n(CC(C)CNC(C)c2cnn(C(C)C)c2)n1. The highest BCUT2D eigenvalue weighted by atomic mass is 15.3. The Morgan fingerprint density at radius 3 is 2.45 bits per heavy atom. The van der Waals surface area contributed by atoms with Gasteiger partial charge in [-0.05, 0) is 46.6 Å². The van der Waals surface area contributed by atoms with E-state index in [1.54, 1.807) is 0 Å². The molecule has 0 fully saturated rings. The fraction of sp³-hybridized carbons (Fsp3) is 0.647. The van der Waals surface area contributed by atoms with Crippen LogP contribution < -0.4 is 5.32 Å². The molecule has 2 aromatic heterocycles. The minimum Gasteiger partial charge on any atom is -0.310 e. The molecule has 2 rings (SSSR count). The van der Waals surface area contributed by atoms with Gasteiger partial charge in [-0.25, -0.2) is 0 Å². The van der Waals surface area contributed by atoms with Crippen LogP contribution in [-0.4, -0.2) is 26.1 Å². The summed E-state index contributed by atoms with van der Waals surface area (Å²) in [6.45, 7) is 14.8. The first-order valence-corrected chi connectivity index (χ1v) is 8.15. The largest absolute Gasteiger partial charge is 0.310 e. The topological polar surface area (TPSA) is 47.7 Å². The molecule has 1 N–H and O–H groups in total. The second-order valence-corrected chi connectivity index (χ2v) is 6.69. The highest BCUT2D eigenvalue weighted by Crippen LogP contribution is 2.14. The molecule has 0 amide bonds. The van der Waals surface area contributed by atoms with Crippen molar-refractivity contribution in [1.82, 2.24) is 24.9 Å². The van der Waals surface area contributed by atoms with Crippen LogP contribution in [0.4, 0.5) is 0 Å². The average Bonchev–Trinajstić information content (AvgIpc) is 3.04. The Morgan fingerprint density at radius 2 is 1.91 bits per heavy atom. The third-order valence-corrected chi connectivity index (χ3v) is 4.01. The second-order valence-electron chi connectivity index (χ2n) is 6.69. The molecule has 0 spiro atoms. The van der Waals surface area contributed by atoms with Gasteiger partial charge in [-0.1, -0.05) is 6.92 Å². The molecule has 2 heterocycles. The summed E-state index contributed by atoms with van der Waals surface area (Å²) in [5.74, 6) is 0.528. The minimum atomic E-state index is 0.315. The van der Waals surface area contributed by atoms with Crippen LogP contribution in [0.5, 0.6) is 0 Å². The van der Waals surface area contributed by atoms with Crippen LogP contribution in [0, 0.1) is 19.8 Å². The Morgan fingerprint density at radius 1 is 1.18 bits per heavy atom. The molecule has 0 aliphatic heterocycles. The van der Waals surface area contributed by atoms with E-state index in [4.69, 9.17) is 0 Å². The third-order valence-electron chi connectivity index (χ3n) is 4.01. The number of nitrogens with zero attached hydrogens (tertiary/aromatic N) is 4. The molecule has 0 saturated carbocycles. The minimum absolute atomic E-state index is 0.315. The van der Waals surface area contributed by atoms with E-state index in [0.717, 1.165) is 18.8 Å². The van der Waals surface area contributed by atoms with Crippen molar-refractivity contribution in [1.29, 1.82) is 0 Å². The van der Waals surface area contributed by atoms with E-state index < -0.39 is 0 Å². The molecule has 5 nitrogen and oxygen atoms in total. The lowest BCUT2D eigenvalue weighted by Crippen LogP contribution is -2.27. The Labute approximate surface area is 133 Å². The van der Waals surface area contributed by atoms with Crippen LogP contribution in [0.2, 0.25) is 0 Å². The van der Waals surface area contributed by atoms with Gasteiger partial charge in [-0.15, -0.1) is 0 Å². The number of aryl methyl sites for hydroxylation is 2. The number of aromatic nitrogens is 4. The van der Waals surface area contributed by atoms with Gasteiger partial charge in [0.05, 0.1) is 11.9 Å². The molecular weight excluding hydrogens is 274 g/mol. The highest BCUT2D eigenvalue weighted by molar-refractivity contribution is 5.09. The molecule has 5 heteroatoms. The number of nitrogens with one attached hydrogen (secondary N) is 1. The van der Waals surface area contributed by atoms with Crippen molar-refractivity contribution in [3.63, 3.8) is 0 Å². The zero-order valence-electron chi connectivity index (χ0n) is 14.7. The molecule has 0 saturated heterocycles. The summed E-state index contributed by atoms with van der Waals surface area (Å²) < 4.78 is 4.11. The van der Waals surface area contributed by atoms with Crippen LogP contribution in [0.15, 0.2) is 18.5 Å². The van der Waals surface area contributed by atoms with Gasteiger partial charge in [-0.2, -0.15) is 10.2 Å². The van der Waals surface area contributed by atoms with Gasteiger partial charge in [0.15, 0.2) is 0 Å². The van der Waals surface area contributed by atoms with E-state index in [2.05, 4.69) is 67.1 Å². The molecule has 0 bridgehead atoms. The van der Waals surface area contributed by atoms with Gasteiger partial charge in [0.2, 0.25) is 0 Å². The fourth-order valence-electron chi connectivity index (χ4n) is 2.57. The zero-order chi connectivity index (χ0) is 16.3. The summed E-state index contributed by atoms with van der Waals surface area (Å²) in [5, 5.41) is 12.5. The summed E-state index contributed by atoms with van der Waals surface area (Å²) in [7, 11) is 0. The summed E-state index contributed by atoms with van der Waals surface area (Å²) in [6, 6.07) is 2.85. The lowest BCUT2D eigenvalue weighted by Gasteiger charge is -2.17. The molecule has 0 radical (unpaired) electrons. The Kier molecular flexibility index (Phi) is 5.40. The van der Waals surface area contributed by atoms with Gasteiger partial charge in [0, 0.05) is 42.6 Å². The maximum atomic E-state index is 4.53. The molecule has 2 atom stereocenters. The number of hydrogen-bond acceptors (Lipinski definition) is 3. The van der Waals surface area contributed by atoms with E-state index in [0.29, 0.717) is 18.0 Å². The molecule has 2 aromatic rings. The van der Waals surface area contributed by atoms with Crippen LogP contribution >= 0.6 is 0 Å². The van der Waals surface area contributed by atoms with Gasteiger partial charge >= 0.3 is 0 Å². The molecule has 0 aromatic carbocycles. The van der Waals surface area contributed by atoms with E-state index in [9.17, 15) is 0 Å². The van der Waals surface area contributed by atoms with E-state index in [-0.39, 0.29) is 0 Å². The van der Waals surface area contributed by atoms with Crippen molar-refractivity contribution in [3.05, 3.63) is 35.4 Å². The molecule has 0 aliphatic carbocycles. The van der Waals surface area contributed by atoms with Crippen molar-refractivity contribution >= 4 is 0 Å². The van der Waals surface area contributed by atoms with Crippen LogP contribution in [0.25, 0.3) is 0 Å². The summed E-state index contributed by atoms with van der Waals surface area (Å²) >= 11 is 0. The van der Waals surface area contributed by atoms with Crippen molar-refractivity contribution in [2.24, 2.45) is 5.92 Å². The first-order valence-electron chi connectivity index (χ1n) is 8.15. The monoisotopic (exact) mass is 303 g/mol.